The molecule has 0 saturated heterocycles. The van der Waals surface area contributed by atoms with Gasteiger partial charge in [-0.05, 0) is 49.4 Å². The minimum absolute atomic E-state index is 0.111. The molecule has 6 heteroatoms. The number of halogens is 1. The summed E-state index contributed by atoms with van der Waals surface area (Å²) in [5.41, 5.74) is 1.65. The number of amides is 1. The fraction of sp³-hybridized carbons (Fsp3) is 0.278. The number of nitrogens with one attached hydrogen (secondary N) is 2. The third kappa shape index (κ3) is 3.65. The van der Waals surface area contributed by atoms with Crippen molar-refractivity contribution in [2.24, 2.45) is 0 Å². The van der Waals surface area contributed by atoms with E-state index in [1.165, 1.54) is 12.1 Å². The van der Waals surface area contributed by atoms with Crippen LogP contribution in [-0.2, 0) is 11.3 Å². The largest absolute Gasteiger partial charge is 0.454 e. The Morgan fingerprint density at radius 3 is 2.67 bits per heavy atom. The maximum atomic E-state index is 12.9. The molecule has 0 saturated carbocycles. The Bertz CT molecular complexity index is 734. The Kier molecular flexibility index (Phi) is 4.66. The minimum atomic E-state index is -0.327. The first-order valence-electron chi connectivity index (χ1n) is 7.80. The number of benzene rings is 2. The maximum Gasteiger partial charge on any atom is 0.282 e. The fourth-order valence-corrected chi connectivity index (χ4v) is 2.53. The number of carbonyl (C=O) groups is 1. The van der Waals surface area contributed by atoms with E-state index in [1.807, 2.05) is 32.2 Å². The number of quaternary nitrogens is 1. The van der Waals surface area contributed by atoms with Gasteiger partial charge in [-0.3, -0.25) is 4.79 Å². The molecule has 24 heavy (non-hydrogen) atoms. The van der Waals surface area contributed by atoms with Crippen LogP contribution in [0, 0.1) is 5.82 Å². The van der Waals surface area contributed by atoms with Gasteiger partial charge in [-0.1, -0.05) is 0 Å². The number of carbonyl (C=O) groups excluding carboxylic acids is 1. The molecule has 0 aliphatic carbocycles. The molecule has 0 fully saturated rings. The third-order valence-electron chi connectivity index (χ3n) is 4.16. The SMILES string of the molecule is C[C@@H](C(=O)Nc1ccc(F)cc1)[NH+](C)Cc1ccc2c(c1)OCO2. The predicted octanol–water partition coefficient (Wildman–Crippen LogP) is 1.60. The molecule has 2 N–H and O–H groups in total. The molecule has 126 valence electrons. The second-order valence-electron chi connectivity index (χ2n) is 5.93. The Balaban J connectivity index is 1.60. The van der Waals surface area contributed by atoms with E-state index in [1.54, 1.807) is 12.1 Å². The highest BCUT2D eigenvalue weighted by Crippen LogP contribution is 2.32. The second-order valence-corrected chi connectivity index (χ2v) is 5.93. The third-order valence-corrected chi connectivity index (χ3v) is 4.16. The Morgan fingerprint density at radius 1 is 1.21 bits per heavy atom. The first kappa shape index (κ1) is 16.3. The summed E-state index contributed by atoms with van der Waals surface area (Å²) in [4.78, 5) is 13.4. The van der Waals surface area contributed by atoms with E-state index in [0.29, 0.717) is 12.2 Å². The van der Waals surface area contributed by atoms with Gasteiger partial charge in [-0.2, -0.15) is 0 Å². The van der Waals surface area contributed by atoms with Crippen LogP contribution in [0.2, 0.25) is 0 Å². The smallest absolute Gasteiger partial charge is 0.282 e. The number of anilines is 1. The zero-order chi connectivity index (χ0) is 17.1. The van der Waals surface area contributed by atoms with Crippen LogP contribution < -0.4 is 19.7 Å². The molecular formula is C18H20FN2O3+. The van der Waals surface area contributed by atoms with Crippen molar-refractivity contribution in [3.63, 3.8) is 0 Å². The molecular weight excluding hydrogens is 311 g/mol. The zero-order valence-electron chi connectivity index (χ0n) is 13.6. The van der Waals surface area contributed by atoms with E-state index < -0.39 is 0 Å². The molecule has 5 nitrogen and oxygen atoms in total. The lowest BCUT2D eigenvalue weighted by Crippen LogP contribution is -3.12. The van der Waals surface area contributed by atoms with E-state index >= 15 is 0 Å². The monoisotopic (exact) mass is 331 g/mol. The normalized spacial score (nSPS) is 15.0. The van der Waals surface area contributed by atoms with Crippen molar-refractivity contribution >= 4 is 11.6 Å². The van der Waals surface area contributed by atoms with Gasteiger partial charge in [0.2, 0.25) is 6.79 Å². The number of fused-ring (bicyclic) bond motifs is 1. The lowest BCUT2D eigenvalue weighted by Gasteiger charge is -2.21. The van der Waals surface area contributed by atoms with Gasteiger partial charge in [0.25, 0.3) is 5.91 Å². The summed E-state index contributed by atoms with van der Waals surface area (Å²) in [5.74, 6) is 1.05. The summed E-state index contributed by atoms with van der Waals surface area (Å²) in [7, 11) is 1.96. The van der Waals surface area contributed by atoms with E-state index in [4.69, 9.17) is 9.47 Å². The highest BCUT2D eigenvalue weighted by molar-refractivity contribution is 5.93. The van der Waals surface area contributed by atoms with Crippen LogP contribution in [0.4, 0.5) is 10.1 Å². The average molecular weight is 331 g/mol. The van der Waals surface area contributed by atoms with Gasteiger partial charge in [0.1, 0.15) is 12.4 Å². The van der Waals surface area contributed by atoms with Crippen LogP contribution in [0.25, 0.3) is 0 Å². The molecule has 2 atom stereocenters. The molecule has 0 radical (unpaired) electrons. The van der Waals surface area contributed by atoms with Crippen molar-refractivity contribution < 1.29 is 23.6 Å². The van der Waals surface area contributed by atoms with Gasteiger partial charge in [0, 0.05) is 11.3 Å². The highest BCUT2D eigenvalue weighted by Gasteiger charge is 2.23. The standard InChI is InChI=1S/C18H19FN2O3/c1-12(18(22)20-15-6-4-14(19)5-7-15)21(2)10-13-3-8-16-17(9-13)24-11-23-16/h3-9,12H,10-11H2,1-2H3,(H,20,22)/p+1/t12-/m0/s1. The summed E-state index contributed by atoms with van der Waals surface area (Å²) in [6, 6.07) is 11.3. The number of ether oxygens (including phenoxy) is 2. The predicted molar refractivity (Wildman–Crippen MR) is 87.6 cm³/mol. The molecule has 1 aliphatic heterocycles. The Hall–Kier alpha value is -2.60. The lowest BCUT2D eigenvalue weighted by molar-refractivity contribution is -0.907. The summed E-state index contributed by atoms with van der Waals surface area (Å²) < 4.78 is 23.6. The fourth-order valence-electron chi connectivity index (χ4n) is 2.53. The first-order valence-corrected chi connectivity index (χ1v) is 7.80. The zero-order valence-corrected chi connectivity index (χ0v) is 13.6. The van der Waals surface area contributed by atoms with Gasteiger partial charge >= 0.3 is 0 Å². The highest BCUT2D eigenvalue weighted by atomic mass is 19.1. The molecule has 1 heterocycles. The van der Waals surface area contributed by atoms with E-state index in [2.05, 4.69) is 5.32 Å². The average Bonchev–Trinajstić information content (AvgIpc) is 3.03. The van der Waals surface area contributed by atoms with Crippen LogP contribution in [0.15, 0.2) is 42.5 Å². The number of hydrogen-bond donors (Lipinski definition) is 2. The Morgan fingerprint density at radius 2 is 1.92 bits per heavy atom. The van der Waals surface area contributed by atoms with E-state index in [-0.39, 0.29) is 24.6 Å². The van der Waals surface area contributed by atoms with Crippen molar-refractivity contribution in [3.05, 3.63) is 53.8 Å². The van der Waals surface area contributed by atoms with Gasteiger partial charge in [-0.25, -0.2) is 4.39 Å². The lowest BCUT2D eigenvalue weighted by atomic mass is 10.1. The summed E-state index contributed by atoms with van der Waals surface area (Å²) in [5, 5.41) is 2.81. The van der Waals surface area contributed by atoms with Crippen LogP contribution in [0.3, 0.4) is 0 Å². The van der Waals surface area contributed by atoms with Crippen molar-refractivity contribution in [1.82, 2.24) is 0 Å². The van der Waals surface area contributed by atoms with Gasteiger partial charge in [-0.15, -0.1) is 0 Å². The minimum Gasteiger partial charge on any atom is -0.454 e. The molecule has 3 rings (SSSR count). The van der Waals surface area contributed by atoms with Crippen LogP contribution in [0.1, 0.15) is 12.5 Å². The molecule has 0 spiro atoms. The molecule has 1 unspecified atom stereocenters. The van der Waals surface area contributed by atoms with Crippen molar-refractivity contribution in [1.29, 1.82) is 0 Å². The second kappa shape index (κ2) is 6.88. The quantitative estimate of drug-likeness (QED) is 0.875. The molecule has 0 bridgehead atoms. The van der Waals surface area contributed by atoms with Crippen molar-refractivity contribution in [2.45, 2.75) is 19.5 Å². The van der Waals surface area contributed by atoms with Crippen LogP contribution in [-0.4, -0.2) is 25.8 Å². The topological polar surface area (TPSA) is 52.0 Å². The van der Waals surface area contributed by atoms with Crippen LogP contribution in [0.5, 0.6) is 11.5 Å². The first-order chi connectivity index (χ1) is 11.5. The number of rotatable bonds is 5. The molecule has 2 aromatic carbocycles. The number of hydrogen-bond acceptors (Lipinski definition) is 3. The van der Waals surface area contributed by atoms with Crippen molar-refractivity contribution in [3.8, 4) is 11.5 Å². The number of likely N-dealkylation sites (N-methyl/N-ethyl adjacent to an activating group) is 1. The Labute approximate surface area is 140 Å². The van der Waals surface area contributed by atoms with Gasteiger partial charge < -0.3 is 19.7 Å². The molecule has 2 aromatic rings. The van der Waals surface area contributed by atoms with E-state index in [0.717, 1.165) is 22.0 Å². The summed E-state index contributed by atoms with van der Waals surface area (Å²) >= 11 is 0. The van der Waals surface area contributed by atoms with Gasteiger partial charge in [0.15, 0.2) is 17.5 Å². The summed E-state index contributed by atoms with van der Waals surface area (Å²) in [6.07, 6.45) is 0. The van der Waals surface area contributed by atoms with Crippen LogP contribution >= 0.6 is 0 Å². The molecule has 0 aromatic heterocycles. The van der Waals surface area contributed by atoms with Crippen molar-refractivity contribution in [2.75, 3.05) is 19.2 Å². The van der Waals surface area contributed by atoms with E-state index in [9.17, 15) is 9.18 Å². The van der Waals surface area contributed by atoms with Gasteiger partial charge in [0.05, 0.1) is 7.05 Å². The maximum absolute atomic E-state index is 12.9. The molecule has 1 aliphatic rings. The summed E-state index contributed by atoms with van der Waals surface area (Å²) in [6.45, 7) is 2.79. The molecule has 1 amide bonds.